The van der Waals surface area contributed by atoms with Crippen LogP contribution in [0.1, 0.15) is 52.6 Å². The van der Waals surface area contributed by atoms with Crippen LogP contribution in [0.2, 0.25) is 0 Å². The van der Waals surface area contributed by atoms with Gasteiger partial charge in [0.2, 0.25) is 5.91 Å². The lowest BCUT2D eigenvalue weighted by atomic mass is 9.89. The first-order valence-corrected chi connectivity index (χ1v) is 10.4. The van der Waals surface area contributed by atoms with Crippen molar-refractivity contribution < 1.29 is 23.8 Å². The van der Waals surface area contributed by atoms with Crippen LogP contribution in [-0.4, -0.2) is 61.0 Å². The minimum atomic E-state index is -0.582. The summed E-state index contributed by atoms with van der Waals surface area (Å²) in [5.74, 6) is 0.675. The Bertz CT molecular complexity index is 781. The molecule has 0 aromatic heterocycles. The van der Waals surface area contributed by atoms with Gasteiger partial charge >= 0.3 is 6.09 Å². The van der Waals surface area contributed by atoms with Gasteiger partial charge in [-0.1, -0.05) is 0 Å². The molecule has 2 aliphatic rings. The number of hydrogen-bond acceptors (Lipinski definition) is 6. The number of anilines is 1. The van der Waals surface area contributed by atoms with Crippen molar-refractivity contribution in [1.29, 1.82) is 0 Å². The highest BCUT2D eigenvalue weighted by atomic mass is 16.6. The predicted octanol–water partition coefficient (Wildman–Crippen LogP) is 3.08. The Morgan fingerprint density at radius 1 is 1.23 bits per heavy atom. The lowest BCUT2D eigenvalue weighted by molar-refractivity contribution is -0.124. The quantitative estimate of drug-likeness (QED) is 0.780. The Kier molecular flexibility index (Phi) is 6.57. The van der Waals surface area contributed by atoms with E-state index in [2.05, 4.69) is 15.5 Å². The van der Waals surface area contributed by atoms with E-state index in [4.69, 9.17) is 14.2 Å². The third-order valence-electron chi connectivity index (χ3n) is 4.92. The third kappa shape index (κ3) is 6.34. The molecule has 1 aromatic rings. The summed E-state index contributed by atoms with van der Waals surface area (Å²) in [6.07, 6.45) is 0.109. The van der Waals surface area contributed by atoms with E-state index in [1.807, 2.05) is 46.8 Å². The van der Waals surface area contributed by atoms with E-state index in [0.29, 0.717) is 37.6 Å². The Morgan fingerprint density at radius 3 is 2.60 bits per heavy atom. The van der Waals surface area contributed by atoms with Gasteiger partial charge < -0.3 is 19.5 Å². The molecule has 166 valence electrons. The van der Waals surface area contributed by atoms with Crippen molar-refractivity contribution in [2.75, 3.05) is 38.2 Å². The van der Waals surface area contributed by atoms with E-state index >= 15 is 0 Å². The number of morpholine rings is 1. The molecule has 2 amide bonds. The number of rotatable bonds is 4. The number of carbonyl (C=O) groups excluding carboxylic acids is 2. The molecule has 2 heterocycles. The molecule has 1 fully saturated rings. The molecule has 2 N–H and O–H groups in total. The summed E-state index contributed by atoms with van der Waals surface area (Å²) in [6, 6.07) is 5.23. The highest BCUT2D eigenvalue weighted by molar-refractivity contribution is 5.85. The van der Waals surface area contributed by atoms with Crippen molar-refractivity contribution in [3.8, 4) is 5.75 Å². The van der Waals surface area contributed by atoms with Gasteiger partial charge in [0, 0.05) is 30.8 Å². The van der Waals surface area contributed by atoms with E-state index in [1.165, 1.54) is 0 Å². The van der Waals surface area contributed by atoms with Crippen molar-refractivity contribution in [3.63, 3.8) is 0 Å². The maximum atomic E-state index is 12.7. The Morgan fingerprint density at radius 2 is 1.93 bits per heavy atom. The van der Waals surface area contributed by atoms with E-state index in [0.717, 1.165) is 18.7 Å². The Balaban J connectivity index is 1.73. The van der Waals surface area contributed by atoms with Crippen LogP contribution in [-0.2, 0) is 14.3 Å². The van der Waals surface area contributed by atoms with Gasteiger partial charge in [-0.3, -0.25) is 15.0 Å². The minimum Gasteiger partial charge on any atom is -0.487 e. The summed E-state index contributed by atoms with van der Waals surface area (Å²) in [7, 11) is 0. The van der Waals surface area contributed by atoms with Gasteiger partial charge in [-0.25, -0.2) is 4.79 Å². The predicted molar refractivity (Wildman–Crippen MR) is 114 cm³/mol. The van der Waals surface area contributed by atoms with E-state index in [1.54, 1.807) is 6.07 Å². The van der Waals surface area contributed by atoms with Crippen LogP contribution < -0.4 is 15.4 Å². The van der Waals surface area contributed by atoms with Crippen LogP contribution >= 0.6 is 0 Å². The minimum absolute atomic E-state index is 0.0314. The molecule has 1 aromatic carbocycles. The third-order valence-corrected chi connectivity index (χ3v) is 4.92. The highest BCUT2D eigenvalue weighted by Crippen LogP contribution is 2.40. The van der Waals surface area contributed by atoms with Gasteiger partial charge in [0.25, 0.3) is 0 Å². The van der Waals surface area contributed by atoms with Gasteiger partial charge in [0.05, 0.1) is 25.8 Å². The van der Waals surface area contributed by atoms with Crippen LogP contribution in [0.25, 0.3) is 0 Å². The van der Waals surface area contributed by atoms with Crippen molar-refractivity contribution in [1.82, 2.24) is 10.2 Å². The number of amides is 2. The number of ether oxygens (including phenoxy) is 3. The van der Waals surface area contributed by atoms with Crippen LogP contribution in [0, 0.1) is 0 Å². The standard InChI is InChI=1S/C22H33N3O5/c1-21(2,3)30-20(27)23-15-6-7-18-16(12-15)17(13-22(4,5)29-18)24-19(26)14-25-8-10-28-11-9-25/h6-7,12,17H,8-11,13-14H2,1-5H3,(H,23,27)(H,24,26)/t17-/m1/s1. The van der Waals surface area contributed by atoms with Gasteiger partial charge in [-0.2, -0.15) is 0 Å². The molecule has 1 atom stereocenters. The first-order valence-electron chi connectivity index (χ1n) is 10.4. The molecule has 0 spiro atoms. The largest absolute Gasteiger partial charge is 0.487 e. The highest BCUT2D eigenvalue weighted by Gasteiger charge is 2.35. The zero-order valence-electron chi connectivity index (χ0n) is 18.5. The molecule has 0 unspecified atom stereocenters. The SMILES string of the molecule is CC(C)(C)OC(=O)Nc1ccc2c(c1)[C@H](NC(=O)CN1CCOCC1)CC(C)(C)O2. The van der Waals surface area contributed by atoms with Crippen LogP contribution in [0.15, 0.2) is 18.2 Å². The van der Waals surface area contributed by atoms with Gasteiger partial charge in [0.15, 0.2) is 0 Å². The van der Waals surface area contributed by atoms with E-state index < -0.39 is 17.3 Å². The number of fused-ring (bicyclic) bond motifs is 1. The normalized spacial score (nSPS) is 21.2. The van der Waals surface area contributed by atoms with Crippen molar-refractivity contribution in [2.24, 2.45) is 0 Å². The summed E-state index contributed by atoms with van der Waals surface area (Å²) >= 11 is 0. The maximum absolute atomic E-state index is 12.7. The maximum Gasteiger partial charge on any atom is 0.412 e. The van der Waals surface area contributed by atoms with Crippen molar-refractivity contribution in [2.45, 2.75) is 58.3 Å². The number of nitrogens with one attached hydrogen (secondary N) is 2. The molecule has 0 bridgehead atoms. The molecule has 0 saturated carbocycles. The molecular weight excluding hydrogens is 386 g/mol. The Hall–Kier alpha value is -2.32. The first kappa shape index (κ1) is 22.4. The molecule has 0 aliphatic carbocycles. The van der Waals surface area contributed by atoms with Crippen LogP contribution in [0.5, 0.6) is 5.75 Å². The molecular formula is C22H33N3O5. The molecule has 8 nitrogen and oxygen atoms in total. The number of carbonyl (C=O) groups is 2. The average molecular weight is 420 g/mol. The average Bonchev–Trinajstić information content (AvgIpc) is 2.60. The number of hydrogen-bond donors (Lipinski definition) is 2. The zero-order chi connectivity index (χ0) is 21.9. The molecule has 1 saturated heterocycles. The second-order valence-corrected chi connectivity index (χ2v) is 9.45. The molecule has 2 aliphatic heterocycles. The summed E-state index contributed by atoms with van der Waals surface area (Å²) in [5.41, 5.74) is 0.447. The molecule has 0 radical (unpaired) electrons. The fraction of sp³-hybridized carbons (Fsp3) is 0.636. The second kappa shape index (κ2) is 8.81. The number of benzene rings is 1. The zero-order valence-corrected chi connectivity index (χ0v) is 18.5. The lowest BCUT2D eigenvalue weighted by Crippen LogP contribution is -2.46. The van der Waals surface area contributed by atoms with Gasteiger partial charge in [-0.15, -0.1) is 0 Å². The molecule has 8 heteroatoms. The monoisotopic (exact) mass is 419 g/mol. The van der Waals surface area contributed by atoms with Crippen molar-refractivity contribution in [3.05, 3.63) is 23.8 Å². The van der Waals surface area contributed by atoms with E-state index in [-0.39, 0.29) is 11.9 Å². The summed E-state index contributed by atoms with van der Waals surface area (Å²) in [5, 5.41) is 5.91. The second-order valence-electron chi connectivity index (χ2n) is 9.45. The van der Waals surface area contributed by atoms with Crippen molar-refractivity contribution >= 4 is 17.7 Å². The topological polar surface area (TPSA) is 89.1 Å². The molecule has 30 heavy (non-hydrogen) atoms. The lowest BCUT2D eigenvalue weighted by Gasteiger charge is -2.38. The number of nitrogens with zero attached hydrogens (tertiary/aromatic N) is 1. The molecule has 3 rings (SSSR count). The van der Waals surface area contributed by atoms with E-state index in [9.17, 15) is 9.59 Å². The summed E-state index contributed by atoms with van der Waals surface area (Å²) in [6.45, 7) is 12.6. The smallest absolute Gasteiger partial charge is 0.412 e. The fourth-order valence-electron chi connectivity index (χ4n) is 3.68. The van der Waals surface area contributed by atoms with Gasteiger partial charge in [0.1, 0.15) is 17.0 Å². The van der Waals surface area contributed by atoms with Crippen LogP contribution in [0.3, 0.4) is 0 Å². The van der Waals surface area contributed by atoms with Crippen LogP contribution in [0.4, 0.5) is 10.5 Å². The first-order chi connectivity index (χ1) is 14.0. The Labute approximate surface area is 178 Å². The summed E-state index contributed by atoms with van der Waals surface area (Å²) < 4.78 is 16.8. The fourth-order valence-corrected chi connectivity index (χ4v) is 3.68. The van der Waals surface area contributed by atoms with Gasteiger partial charge in [-0.05, 0) is 52.8 Å². The summed E-state index contributed by atoms with van der Waals surface area (Å²) in [4.78, 5) is 26.9.